The summed E-state index contributed by atoms with van der Waals surface area (Å²) >= 11 is 0. The van der Waals surface area contributed by atoms with Gasteiger partial charge < -0.3 is 10.6 Å². The molecule has 0 aromatic rings. The second-order valence-corrected chi connectivity index (χ2v) is 4.89. The van der Waals surface area contributed by atoms with E-state index in [4.69, 9.17) is 0 Å². The van der Waals surface area contributed by atoms with E-state index in [-0.39, 0.29) is 24.0 Å². The first-order valence-electron chi connectivity index (χ1n) is 6.48. The minimum Gasteiger partial charge on any atom is -0.353 e. The molecule has 2 unspecified atom stereocenters. The van der Waals surface area contributed by atoms with E-state index in [0.717, 1.165) is 24.7 Å². The van der Waals surface area contributed by atoms with Crippen molar-refractivity contribution >= 4 is 29.9 Å². The van der Waals surface area contributed by atoms with Gasteiger partial charge in [-0.2, -0.15) is 0 Å². The second kappa shape index (κ2) is 7.24. The zero-order valence-corrected chi connectivity index (χ0v) is 13.1. The first-order valence-corrected chi connectivity index (χ1v) is 6.48. The number of guanidine groups is 1. The Hall–Kier alpha value is -0.260. The number of halogens is 1. The largest absolute Gasteiger partial charge is 0.353 e. The van der Waals surface area contributed by atoms with Crippen LogP contribution in [0.5, 0.6) is 0 Å². The third-order valence-electron chi connectivity index (χ3n) is 3.48. The van der Waals surface area contributed by atoms with Gasteiger partial charge in [-0.3, -0.25) is 4.99 Å². The van der Waals surface area contributed by atoms with E-state index in [1.165, 1.54) is 19.3 Å². The van der Waals surface area contributed by atoms with Gasteiger partial charge in [-0.15, -0.1) is 24.0 Å². The molecule has 2 aliphatic rings. The normalized spacial score (nSPS) is 27.8. The molecule has 0 saturated heterocycles. The van der Waals surface area contributed by atoms with Gasteiger partial charge in [0.25, 0.3) is 0 Å². The molecule has 0 bridgehead atoms. The average molecular weight is 349 g/mol. The van der Waals surface area contributed by atoms with Crippen LogP contribution < -0.4 is 10.6 Å². The molecule has 2 rings (SSSR count). The zero-order chi connectivity index (χ0) is 11.4. The Morgan fingerprint density at radius 1 is 1.29 bits per heavy atom. The van der Waals surface area contributed by atoms with Crippen LogP contribution >= 0.6 is 24.0 Å². The van der Waals surface area contributed by atoms with Gasteiger partial charge in [0.1, 0.15) is 0 Å². The summed E-state index contributed by atoms with van der Waals surface area (Å²) in [6.45, 7) is 2.26. The molecule has 0 aliphatic heterocycles. The first-order chi connectivity index (χ1) is 7.83. The third kappa shape index (κ3) is 4.48. The first kappa shape index (κ1) is 14.8. The highest BCUT2D eigenvalue weighted by atomic mass is 127. The minimum absolute atomic E-state index is 0. The number of nitrogens with one attached hydrogen (secondary N) is 2. The second-order valence-electron chi connectivity index (χ2n) is 4.89. The van der Waals surface area contributed by atoms with Crippen LogP contribution in [0.25, 0.3) is 0 Å². The van der Waals surface area contributed by atoms with E-state index >= 15 is 0 Å². The van der Waals surface area contributed by atoms with Crippen molar-refractivity contribution in [1.29, 1.82) is 0 Å². The van der Waals surface area contributed by atoms with Crippen molar-refractivity contribution in [2.45, 2.75) is 51.1 Å². The minimum atomic E-state index is 0. The highest BCUT2D eigenvalue weighted by Gasteiger charge is 2.36. The Bertz CT molecular complexity index is 280. The summed E-state index contributed by atoms with van der Waals surface area (Å²) < 4.78 is 0. The maximum atomic E-state index is 4.29. The molecule has 0 aromatic heterocycles. The highest BCUT2D eigenvalue weighted by Crippen LogP contribution is 2.34. The number of rotatable bonds is 4. The molecule has 0 radical (unpaired) electrons. The van der Waals surface area contributed by atoms with E-state index in [1.54, 1.807) is 0 Å². The Labute approximate surface area is 122 Å². The van der Waals surface area contributed by atoms with Crippen molar-refractivity contribution in [3.05, 3.63) is 12.2 Å². The fraction of sp³-hybridized carbons (Fsp3) is 0.769. The molecule has 1 fully saturated rings. The molecule has 1 saturated carbocycles. The lowest BCUT2D eigenvalue weighted by molar-refractivity contribution is 0.615. The predicted octanol–water partition coefficient (Wildman–Crippen LogP) is 2.68. The van der Waals surface area contributed by atoms with Crippen LogP contribution in [0.4, 0.5) is 0 Å². The van der Waals surface area contributed by atoms with Crippen LogP contribution in [0, 0.1) is 5.92 Å². The molecule has 0 aromatic carbocycles. The number of hydrogen-bond donors (Lipinski definition) is 2. The molecule has 98 valence electrons. The SMILES string of the molecule is CCCC1CC1NC(=NC)NC1CC=CC1.I. The van der Waals surface area contributed by atoms with E-state index in [2.05, 4.69) is 34.7 Å². The van der Waals surface area contributed by atoms with E-state index < -0.39 is 0 Å². The van der Waals surface area contributed by atoms with Gasteiger partial charge in [0.05, 0.1) is 0 Å². The van der Waals surface area contributed by atoms with Crippen molar-refractivity contribution in [1.82, 2.24) is 10.6 Å². The summed E-state index contributed by atoms with van der Waals surface area (Å²) in [6.07, 6.45) is 10.7. The van der Waals surface area contributed by atoms with Crippen LogP contribution in [0.2, 0.25) is 0 Å². The molecule has 2 aliphatic carbocycles. The van der Waals surface area contributed by atoms with Crippen molar-refractivity contribution in [3.63, 3.8) is 0 Å². The van der Waals surface area contributed by atoms with Crippen molar-refractivity contribution in [3.8, 4) is 0 Å². The van der Waals surface area contributed by atoms with Crippen LogP contribution in [0.1, 0.15) is 39.0 Å². The van der Waals surface area contributed by atoms with Gasteiger partial charge in [-0.05, 0) is 31.6 Å². The molecular formula is C13H24IN3. The molecule has 4 heteroatoms. The molecular weight excluding hydrogens is 325 g/mol. The molecule has 17 heavy (non-hydrogen) atoms. The predicted molar refractivity (Wildman–Crippen MR) is 84.0 cm³/mol. The molecule has 0 amide bonds. The van der Waals surface area contributed by atoms with Gasteiger partial charge in [0.2, 0.25) is 0 Å². The average Bonchev–Trinajstić information content (AvgIpc) is 2.79. The van der Waals surface area contributed by atoms with Crippen molar-refractivity contribution < 1.29 is 0 Å². The molecule has 3 nitrogen and oxygen atoms in total. The van der Waals surface area contributed by atoms with Crippen LogP contribution in [-0.4, -0.2) is 25.1 Å². The standard InChI is InChI=1S/C13H23N3.HI/c1-3-6-10-9-12(10)16-13(14-2)15-11-7-4-5-8-11;/h4-5,10-12H,3,6-9H2,1-2H3,(H2,14,15,16);1H. The van der Waals surface area contributed by atoms with E-state index in [0.29, 0.717) is 12.1 Å². The summed E-state index contributed by atoms with van der Waals surface area (Å²) in [5, 5.41) is 6.99. The third-order valence-corrected chi connectivity index (χ3v) is 3.48. The van der Waals surface area contributed by atoms with Crippen LogP contribution in [0.3, 0.4) is 0 Å². The Balaban J connectivity index is 0.00000144. The van der Waals surface area contributed by atoms with Gasteiger partial charge in [-0.25, -0.2) is 0 Å². The monoisotopic (exact) mass is 349 g/mol. The molecule has 0 heterocycles. The lowest BCUT2D eigenvalue weighted by atomic mass is 10.2. The summed E-state index contributed by atoms with van der Waals surface area (Å²) in [6, 6.07) is 1.22. The summed E-state index contributed by atoms with van der Waals surface area (Å²) in [5.74, 6) is 1.86. The van der Waals surface area contributed by atoms with Gasteiger partial charge >= 0.3 is 0 Å². The quantitative estimate of drug-likeness (QED) is 0.354. The van der Waals surface area contributed by atoms with Crippen molar-refractivity contribution in [2.24, 2.45) is 10.9 Å². The van der Waals surface area contributed by atoms with E-state index in [1.807, 2.05) is 7.05 Å². The molecule has 2 N–H and O–H groups in total. The topological polar surface area (TPSA) is 36.4 Å². The Morgan fingerprint density at radius 2 is 2.00 bits per heavy atom. The lowest BCUT2D eigenvalue weighted by Gasteiger charge is -2.16. The van der Waals surface area contributed by atoms with Gasteiger partial charge in [0, 0.05) is 19.1 Å². The van der Waals surface area contributed by atoms with Gasteiger partial charge in [-0.1, -0.05) is 25.5 Å². The fourth-order valence-corrected chi connectivity index (χ4v) is 2.39. The smallest absolute Gasteiger partial charge is 0.191 e. The van der Waals surface area contributed by atoms with E-state index in [9.17, 15) is 0 Å². The summed E-state index contributed by atoms with van der Waals surface area (Å²) in [5.41, 5.74) is 0. The number of nitrogens with zero attached hydrogens (tertiary/aromatic N) is 1. The van der Waals surface area contributed by atoms with Crippen LogP contribution in [-0.2, 0) is 0 Å². The number of hydrogen-bond acceptors (Lipinski definition) is 1. The fourth-order valence-electron chi connectivity index (χ4n) is 2.39. The lowest BCUT2D eigenvalue weighted by Crippen LogP contribution is -2.43. The molecule has 2 atom stereocenters. The Kier molecular flexibility index (Phi) is 6.30. The van der Waals surface area contributed by atoms with Crippen molar-refractivity contribution in [2.75, 3.05) is 7.05 Å². The Morgan fingerprint density at radius 3 is 2.59 bits per heavy atom. The highest BCUT2D eigenvalue weighted by molar-refractivity contribution is 14.0. The maximum Gasteiger partial charge on any atom is 0.191 e. The number of aliphatic imine (C=N–C) groups is 1. The van der Waals surface area contributed by atoms with Crippen LogP contribution in [0.15, 0.2) is 17.1 Å². The van der Waals surface area contributed by atoms with Gasteiger partial charge in [0.15, 0.2) is 5.96 Å². The molecule has 0 spiro atoms. The summed E-state index contributed by atoms with van der Waals surface area (Å²) in [7, 11) is 1.86. The zero-order valence-electron chi connectivity index (χ0n) is 10.8. The maximum absolute atomic E-state index is 4.29. The summed E-state index contributed by atoms with van der Waals surface area (Å²) in [4.78, 5) is 4.29.